The number of carbonyl (C=O) groups excluding carboxylic acids is 1. The second-order valence-electron chi connectivity index (χ2n) is 5.77. The third-order valence-corrected chi connectivity index (χ3v) is 4.03. The Balaban J connectivity index is 1.54. The summed E-state index contributed by atoms with van der Waals surface area (Å²) in [5.41, 5.74) is 2.52. The zero-order valence-electron chi connectivity index (χ0n) is 13.2. The molecule has 0 aliphatic carbocycles. The van der Waals surface area contributed by atoms with Crippen LogP contribution in [0.5, 0.6) is 11.5 Å². The van der Waals surface area contributed by atoms with Gasteiger partial charge in [0.05, 0.1) is 5.52 Å². The number of nitrogens with zero attached hydrogens (tertiary/aromatic N) is 2. The van der Waals surface area contributed by atoms with E-state index in [9.17, 15) is 4.79 Å². The highest BCUT2D eigenvalue weighted by Crippen LogP contribution is 2.32. The molecule has 5 nitrogen and oxygen atoms in total. The van der Waals surface area contributed by atoms with Gasteiger partial charge in [-0.3, -0.25) is 9.78 Å². The van der Waals surface area contributed by atoms with Crippen LogP contribution in [0.15, 0.2) is 54.7 Å². The van der Waals surface area contributed by atoms with Crippen molar-refractivity contribution in [1.82, 2.24) is 9.88 Å². The van der Waals surface area contributed by atoms with Crippen LogP contribution in [0.4, 0.5) is 0 Å². The number of pyridine rings is 1. The van der Waals surface area contributed by atoms with E-state index in [1.165, 1.54) is 0 Å². The van der Waals surface area contributed by atoms with Crippen molar-refractivity contribution in [3.63, 3.8) is 0 Å². The van der Waals surface area contributed by atoms with Crippen LogP contribution in [0, 0.1) is 0 Å². The van der Waals surface area contributed by atoms with E-state index < -0.39 is 0 Å². The molecule has 0 bridgehead atoms. The lowest BCUT2D eigenvalue weighted by molar-refractivity contribution is 0.0784. The van der Waals surface area contributed by atoms with Crippen LogP contribution in [0.25, 0.3) is 10.9 Å². The Kier molecular flexibility index (Phi) is 3.54. The Bertz CT molecular complexity index is 923. The lowest BCUT2D eigenvalue weighted by Crippen LogP contribution is -2.26. The molecular formula is C19H16N2O3. The summed E-state index contributed by atoms with van der Waals surface area (Å²) in [6.45, 7) is 0.691. The Morgan fingerprint density at radius 3 is 2.88 bits per heavy atom. The van der Waals surface area contributed by atoms with Crippen molar-refractivity contribution in [2.45, 2.75) is 6.54 Å². The monoisotopic (exact) mass is 320 g/mol. The molecule has 1 amide bonds. The molecule has 1 aromatic heterocycles. The van der Waals surface area contributed by atoms with Crippen molar-refractivity contribution in [2.24, 2.45) is 0 Å². The maximum atomic E-state index is 12.6. The molecule has 1 aliphatic heterocycles. The zero-order valence-corrected chi connectivity index (χ0v) is 13.2. The van der Waals surface area contributed by atoms with E-state index in [1.807, 2.05) is 30.5 Å². The first-order chi connectivity index (χ1) is 11.7. The number of ether oxygens (including phenoxy) is 2. The molecule has 4 rings (SSSR count). The smallest absolute Gasteiger partial charge is 0.254 e. The number of rotatable bonds is 3. The minimum Gasteiger partial charge on any atom is -0.454 e. The van der Waals surface area contributed by atoms with Crippen LogP contribution in [-0.2, 0) is 6.54 Å². The number of carbonyl (C=O) groups is 1. The van der Waals surface area contributed by atoms with Crippen LogP contribution in [0.3, 0.4) is 0 Å². The van der Waals surface area contributed by atoms with Gasteiger partial charge in [0.1, 0.15) is 0 Å². The van der Waals surface area contributed by atoms with Gasteiger partial charge in [0, 0.05) is 30.7 Å². The molecule has 0 spiro atoms. The van der Waals surface area contributed by atoms with Crippen molar-refractivity contribution >= 4 is 16.8 Å². The van der Waals surface area contributed by atoms with Gasteiger partial charge in [-0.1, -0.05) is 18.2 Å². The van der Waals surface area contributed by atoms with Gasteiger partial charge in [-0.05, 0) is 35.9 Å². The Labute approximate surface area is 139 Å². The minimum absolute atomic E-state index is 0.0681. The number of hydrogen-bond acceptors (Lipinski definition) is 4. The summed E-state index contributed by atoms with van der Waals surface area (Å²) in [6.07, 6.45) is 1.81. The van der Waals surface area contributed by atoms with E-state index in [4.69, 9.17) is 9.47 Å². The molecule has 0 fully saturated rings. The molecule has 2 aromatic carbocycles. The number of aromatic nitrogens is 1. The molecule has 0 saturated carbocycles. The first-order valence-electron chi connectivity index (χ1n) is 7.69. The van der Waals surface area contributed by atoms with E-state index in [1.54, 1.807) is 30.1 Å². The molecule has 120 valence electrons. The largest absolute Gasteiger partial charge is 0.454 e. The molecule has 0 atom stereocenters. The summed E-state index contributed by atoms with van der Waals surface area (Å²) in [6, 6.07) is 15.2. The number of fused-ring (bicyclic) bond motifs is 2. The molecule has 24 heavy (non-hydrogen) atoms. The van der Waals surface area contributed by atoms with Gasteiger partial charge < -0.3 is 14.4 Å². The topological polar surface area (TPSA) is 51.7 Å². The minimum atomic E-state index is -0.0681. The average Bonchev–Trinajstić information content (AvgIpc) is 3.08. The lowest BCUT2D eigenvalue weighted by Gasteiger charge is -2.17. The van der Waals surface area contributed by atoms with Gasteiger partial charge >= 0.3 is 0 Å². The summed E-state index contributed by atoms with van der Waals surface area (Å²) in [5.74, 6) is 1.22. The van der Waals surface area contributed by atoms with Crippen molar-refractivity contribution in [3.05, 3.63) is 65.9 Å². The van der Waals surface area contributed by atoms with Crippen LogP contribution in [0.2, 0.25) is 0 Å². The third kappa shape index (κ3) is 2.65. The number of para-hydroxylation sites is 1. The first kappa shape index (κ1) is 14.5. The summed E-state index contributed by atoms with van der Waals surface area (Å²) in [4.78, 5) is 18.7. The summed E-state index contributed by atoms with van der Waals surface area (Å²) >= 11 is 0. The third-order valence-electron chi connectivity index (χ3n) is 4.03. The lowest BCUT2D eigenvalue weighted by atomic mass is 10.1. The average molecular weight is 320 g/mol. The Hall–Kier alpha value is -3.08. The quantitative estimate of drug-likeness (QED) is 0.743. The van der Waals surface area contributed by atoms with E-state index in [-0.39, 0.29) is 12.7 Å². The maximum absolute atomic E-state index is 12.6. The highest BCUT2D eigenvalue weighted by Gasteiger charge is 2.18. The van der Waals surface area contributed by atoms with Crippen molar-refractivity contribution < 1.29 is 14.3 Å². The molecule has 0 radical (unpaired) electrons. The first-order valence-corrected chi connectivity index (χ1v) is 7.69. The van der Waals surface area contributed by atoms with E-state index >= 15 is 0 Å². The fraction of sp³-hybridized carbons (Fsp3) is 0.158. The molecular weight excluding hydrogens is 304 g/mol. The van der Waals surface area contributed by atoms with Gasteiger partial charge in [-0.15, -0.1) is 0 Å². The maximum Gasteiger partial charge on any atom is 0.254 e. The highest BCUT2D eigenvalue weighted by atomic mass is 16.7. The SMILES string of the molecule is CN(Cc1cnc2ccccc2c1)C(=O)c1ccc2c(c1)OCO2. The van der Waals surface area contributed by atoms with Crippen molar-refractivity contribution in [1.29, 1.82) is 0 Å². The molecule has 3 aromatic rings. The van der Waals surface area contributed by atoms with Gasteiger partial charge in [0.25, 0.3) is 5.91 Å². The van der Waals surface area contributed by atoms with Crippen LogP contribution >= 0.6 is 0 Å². The summed E-state index contributed by atoms with van der Waals surface area (Å²) < 4.78 is 10.6. The molecule has 0 unspecified atom stereocenters. The van der Waals surface area contributed by atoms with E-state index in [0.717, 1.165) is 16.5 Å². The number of hydrogen-bond donors (Lipinski definition) is 0. The van der Waals surface area contributed by atoms with E-state index in [2.05, 4.69) is 11.1 Å². The standard InChI is InChI=1S/C19H16N2O3/c1-21(11-13-8-14-4-2-3-5-16(14)20-10-13)19(22)15-6-7-17-18(9-15)24-12-23-17/h2-10H,11-12H2,1H3. The van der Waals surface area contributed by atoms with Crippen molar-refractivity contribution in [2.75, 3.05) is 13.8 Å². The Morgan fingerprint density at radius 2 is 1.96 bits per heavy atom. The fourth-order valence-electron chi connectivity index (χ4n) is 2.80. The second kappa shape index (κ2) is 5.85. The summed E-state index contributed by atoms with van der Waals surface area (Å²) in [7, 11) is 1.78. The van der Waals surface area contributed by atoms with Gasteiger partial charge in [0.15, 0.2) is 11.5 Å². The van der Waals surface area contributed by atoms with Gasteiger partial charge in [0.2, 0.25) is 6.79 Å². The van der Waals surface area contributed by atoms with E-state index in [0.29, 0.717) is 23.6 Å². The van der Waals surface area contributed by atoms with Gasteiger partial charge in [-0.25, -0.2) is 0 Å². The van der Waals surface area contributed by atoms with Crippen LogP contribution in [0.1, 0.15) is 15.9 Å². The molecule has 1 aliphatic rings. The fourth-order valence-corrected chi connectivity index (χ4v) is 2.80. The zero-order chi connectivity index (χ0) is 16.5. The highest BCUT2D eigenvalue weighted by molar-refractivity contribution is 5.94. The number of benzene rings is 2. The van der Waals surface area contributed by atoms with Crippen LogP contribution < -0.4 is 9.47 Å². The van der Waals surface area contributed by atoms with Crippen LogP contribution in [-0.4, -0.2) is 29.6 Å². The number of amides is 1. The van der Waals surface area contributed by atoms with Crippen molar-refractivity contribution in [3.8, 4) is 11.5 Å². The molecule has 0 N–H and O–H groups in total. The molecule has 0 saturated heterocycles. The predicted molar refractivity (Wildman–Crippen MR) is 90.1 cm³/mol. The van der Waals surface area contributed by atoms with Gasteiger partial charge in [-0.2, -0.15) is 0 Å². The normalized spacial score (nSPS) is 12.4. The predicted octanol–water partition coefficient (Wildman–Crippen LogP) is 3.24. The molecule has 2 heterocycles. The summed E-state index contributed by atoms with van der Waals surface area (Å²) in [5, 5.41) is 1.07. The molecule has 5 heteroatoms. The second-order valence-corrected chi connectivity index (χ2v) is 5.77. The Morgan fingerprint density at radius 1 is 1.12 bits per heavy atom.